The van der Waals surface area contributed by atoms with Crippen LogP contribution in [0.3, 0.4) is 0 Å². The molecule has 1 aliphatic heterocycles. The van der Waals surface area contributed by atoms with Crippen molar-refractivity contribution >= 4 is 23.7 Å². The first-order chi connectivity index (χ1) is 11.2. The number of amides is 3. The summed E-state index contributed by atoms with van der Waals surface area (Å²) in [6.07, 6.45) is 1.28. The molecule has 1 rings (SSSR count). The van der Waals surface area contributed by atoms with E-state index in [4.69, 9.17) is 16.6 Å². The first-order valence-electron chi connectivity index (χ1n) is 8.06. The number of carboxylic acids is 1. The highest BCUT2D eigenvalue weighted by atomic mass is 16.4. The second-order valence-electron chi connectivity index (χ2n) is 6.17. The zero-order valence-corrected chi connectivity index (χ0v) is 14.0. The summed E-state index contributed by atoms with van der Waals surface area (Å²) >= 11 is 0. The third kappa shape index (κ3) is 4.92. The van der Waals surface area contributed by atoms with E-state index in [1.165, 1.54) is 4.90 Å². The number of carbonyl (C=O) groups is 4. The number of aliphatic carboxylic acids is 1. The molecule has 0 aromatic rings. The average Bonchev–Trinajstić information content (AvgIpc) is 3.00. The minimum atomic E-state index is -1.41. The first kappa shape index (κ1) is 19.9. The van der Waals surface area contributed by atoms with Gasteiger partial charge in [0.25, 0.3) is 0 Å². The molecule has 24 heavy (non-hydrogen) atoms. The number of hydrogen-bond donors (Lipinski definition) is 4. The van der Waals surface area contributed by atoms with Crippen LogP contribution in [0.15, 0.2) is 0 Å². The van der Waals surface area contributed by atoms with Crippen molar-refractivity contribution in [3.05, 3.63) is 0 Å². The maximum atomic E-state index is 12.5. The molecule has 1 saturated heterocycles. The van der Waals surface area contributed by atoms with E-state index in [9.17, 15) is 19.2 Å². The van der Waals surface area contributed by atoms with E-state index in [1.54, 1.807) is 0 Å². The summed E-state index contributed by atoms with van der Waals surface area (Å²) in [4.78, 5) is 48.3. The maximum Gasteiger partial charge on any atom is 0.326 e. The highest BCUT2D eigenvalue weighted by Crippen LogP contribution is 2.20. The van der Waals surface area contributed by atoms with Gasteiger partial charge in [-0.3, -0.25) is 14.4 Å². The Hall–Kier alpha value is -2.16. The van der Waals surface area contributed by atoms with Gasteiger partial charge in [0.1, 0.15) is 12.1 Å². The van der Waals surface area contributed by atoms with Gasteiger partial charge in [-0.25, -0.2) is 4.79 Å². The Labute approximate surface area is 140 Å². The topological polar surface area (TPSA) is 156 Å². The molecule has 3 amide bonds. The van der Waals surface area contributed by atoms with E-state index in [-0.39, 0.29) is 11.8 Å². The smallest absolute Gasteiger partial charge is 0.326 e. The van der Waals surface area contributed by atoms with E-state index in [0.717, 1.165) is 6.42 Å². The van der Waals surface area contributed by atoms with Gasteiger partial charge in [0, 0.05) is 6.54 Å². The van der Waals surface area contributed by atoms with E-state index in [1.807, 2.05) is 13.8 Å². The number of carbonyl (C=O) groups excluding carboxylic acids is 3. The molecule has 0 aromatic heterocycles. The van der Waals surface area contributed by atoms with E-state index < -0.39 is 42.3 Å². The molecule has 136 valence electrons. The van der Waals surface area contributed by atoms with Crippen molar-refractivity contribution in [1.82, 2.24) is 10.2 Å². The number of rotatable bonds is 8. The molecule has 0 saturated carbocycles. The second kappa shape index (κ2) is 8.62. The molecule has 9 heteroatoms. The zero-order chi connectivity index (χ0) is 18.4. The van der Waals surface area contributed by atoms with Crippen molar-refractivity contribution < 1.29 is 24.3 Å². The number of hydrogen-bond acceptors (Lipinski definition) is 5. The van der Waals surface area contributed by atoms with Gasteiger partial charge in [0.05, 0.1) is 12.5 Å². The fourth-order valence-corrected chi connectivity index (χ4v) is 2.66. The lowest BCUT2D eigenvalue weighted by Crippen LogP contribution is -2.55. The van der Waals surface area contributed by atoms with Gasteiger partial charge in [-0.05, 0) is 18.8 Å². The molecule has 0 bridgehead atoms. The van der Waals surface area contributed by atoms with Gasteiger partial charge < -0.3 is 26.8 Å². The zero-order valence-electron chi connectivity index (χ0n) is 14.0. The Bertz CT molecular complexity index is 510. The van der Waals surface area contributed by atoms with Crippen LogP contribution in [0.25, 0.3) is 0 Å². The van der Waals surface area contributed by atoms with Gasteiger partial charge in [-0.15, -0.1) is 0 Å². The summed E-state index contributed by atoms with van der Waals surface area (Å²) in [5.74, 6) is -3.13. The Morgan fingerprint density at radius 2 is 1.96 bits per heavy atom. The largest absolute Gasteiger partial charge is 0.480 e. The monoisotopic (exact) mass is 342 g/mol. The third-order valence-electron chi connectivity index (χ3n) is 4.40. The summed E-state index contributed by atoms with van der Waals surface area (Å²) in [6, 6.07) is -2.89. The van der Waals surface area contributed by atoms with Gasteiger partial charge in [-0.1, -0.05) is 20.3 Å². The van der Waals surface area contributed by atoms with Crippen LogP contribution in [0.4, 0.5) is 0 Å². The van der Waals surface area contributed by atoms with Crippen LogP contribution in [0.1, 0.15) is 39.5 Å². The second-order valence-corrected chi connectivity index (χ2v) is 6.17. The molecule has 4 atom stereocenters. The van der Waals surface area contributed by atoms with Crippen molar-refractivity contribution in [2.24, 2.45) is 17.4 Å². The molecular weight excluding hydrogens is 316 g/mol. The summed E-state index contributed by atoms with van der Waals surface area (Å²) in [7, 11) is 0. The van der Waals surface area contributed by atoms with Gasteiger partial charge in [0.15, 0.2) is 0 Å². The van der Waals surface area contributed by atoms with Crippen LogP contribution in [0.5, 0.6) is 0 Å². The fourth-order valence-electron chi connectivity index (χ4n) is 2.66. The Kier molecular flexibility index (Phi) is 7.15. The van der Waals surface area contributed by atoms with Gasteiger partial charge in [0.2, 0.25) is 17.7 Å². The number of likely N-dealkylation sites (tertiary alicyclic amines) is 1. The number of nitrogens with one attached hydrogen (secondary N) is 1. The molecule has 1 fully saturated rings. The van der Waals surface area contributed by atoms with Crippen molar-refractivity contribution in [3.63, 3.8) is 0 Å². The number of nitrogens with two attached hydrogens (primary N) is 2. The van der Waals surface area contributed by atoms with Gasteiger partial charge in [-0.2, -0.15) is 0 Å². The SMILES string of the molecule is CCC(C)C(N)C(=O)N1CCCC1C(=O)NC(CC(N)=O)C(=O)O. The summed E-state index contributed by atoms with van der Waals surface area (Å²) < 4.78 is 0. The third-order valence-corrected chi connectivity index (χ3v) is 4.40. The molecule has 0 aromatic carbocycles. The molecular formula is C15H26N4O5. The van der Waals surface area contributed by atoms with Crippen LogP contribution in [0.2, 0.25) is 0 Å². The standard InChI is InChI=1S/C15H26N4O5/c1-3-8(2)12(17)14(22)19-6-4-5-10(19)13(21)18-9(15(23)24)7-11(16)20/h8-10,12H,3-7,17H2,1-2H3,(H2,16,20)(H,18,21)(H,23,24). The van der Waals surface area contributed by atoms with E-state index >= 15 is 0 Å². The molecule has 6 N–H and O–H groups in total. The minimum Gasteiger partial charge on any atom is -0.480 e. The highest BCUT2D eigenvalue weighted by molar-refractivity contribution is 5.93. The molecule has 1 aliphatic rings. The number of carboxylic acid groups (broad SMARTS) is 1. The predicted molar refractivity (Wildman–Crippen MR) is 85.5 cm³/mol. The van der Waals surface area contributed by atoms with Crippen LogP contribution < -0.4 is 16.8 Å². The summed E-state index contributed by atoms with van der Waals surface area (Å²) in [5.41, 5.74) is 10.9. The van der Waals surface area contributed by atoms with Crippen LogP contribution in [-0.2, 0) is 19.2 Å². The molecule has 0 radical (unpaired) electrons. The molecule has 4 unspecified atom stereocenters. The molecule has 9 nitrogen and oxygen atoms in total. The summed E-state index contributed by atoms with van der Waals surface area (Å²) in [5, 5.41) is 11.3. The predicted octanol–water partition coefficient (Wildman–Crippen LogP) is -1.20. The lowest BCUT2D eigenvalue weighted by molar-refractivity contribution is -0.145. The maximum absolute atomic E-state index is 12.5. The van der Waals surface area contributed by atoms with Crippen LogP contribution in [0, 0.1) is 5.92 Å². The Morgan fingerprint density at radius 1 is 1.33 bits per heavy atom. The number of nitrogens with zero attached hydrogens (tertiary/aromatic N) is 1. The Balaban J connectivity index is 2.79. The van der Waals surface area contributed by atoms with Crippen LogP contribution >= 0.6 is 0 Å². The van der Waals surface area contributed by atoms with Crippen molar-refractivity contribution in [3.8, 4) is 0 Å². The fraction of sp³-hybridized carbons (Fsp3) is 0.733. The Morgan fingerprint density at radius 3 is 2.46 bits per heavy atom. The number of primary amides is 1. The molecule has 0 aliphatic carbocycles. The van der Waals surface area contributed by atoms with Crippen molar-refractivity contribution in [2.45, 2.75) is 57.7 Å². The lowest BCUT2D eigenvalue weighted by atomic mass is 9.98. The highest BCUT2D eigenvalue weighted by Gasteiger charge is 2.38. The van der Waals surface area contributed by atoms with E-state index in [0.29, 0.717) is 19.4 Å². The van der Waals surface area contributed by atoms with Gasteiger partial charge >= 0.3 is 5.97 Å². The normalized spacial score (nSPS) is 21.0. The van der Waals surface area contributed by atoms with Crippen LogP contribution in [-0.4, -0.2) is 58.4 Å². The molecule has 1 heterocycles. The average molecular weight is 342 g/mol. The minimum absolute atomic E-state index is 0.0246. The summed E-state index contributed by atoms with van der Waals surface area (Å²) in [6.45, 7) is 4.18. The van der Waals surface area contributed by atoms with Crippen molar-refractivity contribution in [2.75, 3.05) is 6.54 Å². The molecule has 0 spiro atoms. The van der Waals surface area contributed by atoms with E-state index in [2.05, 4.69) is 5.32 Å². The lowest BCUT2D eigenvalue weighted by Gasteiger charge is -2.29. The quantitative estimate of drug-likeness (QED) is 0.434. The van der Waals surface area contributed by atoms with Crippen molar-refractivity contribution in [1.29, 1.82) is 0 Å². The first-order valence-corrected chi connectivity index (χ1v) is 8.06.